The normalized spacial score (nSPS) is 13.9. The number of carbonyl (C=O) groups is 1. The third-order valence-electron chi connectivity index (χ3n) is 7.24. The van der Waals surface area contributed by atoms with E-state index in [4.69, 9.17) is 16.3 Å². The maximum Gasteiger partial charge on any atom is 0.416 e. The summed E-state index contributed by atoms with van der Waals surface area (Å²) in [5, 5.41) is 5.68. The lowest BCUT2D eigenvalue weighted by molar-refractivity contribution is -0.137. The molecule has 3 heterocycles. The van der Waals surface area contributed by atoms with Crippen molar-refractivity contribution in [2.45, 2.75) is 33.4 Å². The molecule has 1 saturated heterocycles. The first kappa shape index (κ1) is 31.7. The van der Waals surface area contributed by atoms with Crippen molar-refractivity contribution in [3.05, 3.63) is 86.1 Å². The van der Waals surface area contributed by atoms with Crippen molar-refractivity contribution >= 4 is 28.8 Å². The minimum atomic E-state index is -4.46. The fourth-order valence-corrected chi connectivity index (χ4v) is 6.18. The Morgan fingerprint density at radius 3 is 2.45 bits per heavy atom. The van der Waals surface area contributed by atoms with Gasteiger partial charge in [-0.1, -0.05) is 37.6 Å². The van der Waals surface area contributed by atoms with E-state index in [2.05, 4.69) is 10.3 Å². The molecule has 12 heteroatoms. The van der Waals surface area contributed by atoms with E-state index >= 15 is 0 Å². The summed E-state index contributed by atoms with van der Waals surface area (Å²) in [6, 6.07) is 11.3. The first-order valence-electron chi connectivity index (χ1n) is 14.3. The number of halogens is 4. The molecule has 0 aliphatic carbocycles. The smallest absolute Gasteiger partial charge is 0.416 e. The molecule has 0 unspecified atom stereocenters. The van der Waals surface area contributed by atoms with E-state index in [-0.39, 0.29) is 17.4 Å². The van der Waals surface area contributed by atoms with Crippen LogP contribution in [0.5, 0.6) is 5.75 Å². The molecule has 7 nitrogen and oxygen atoms in total. The highest BCUT2D eigenvalue weighted by Crippen LogP contribution is 2.35. The van der Waals surface area contributed by atoms with Crippen LogP contribution < -0.4 is 15.6 Å². The van der Waals surface area contributed by atoms with Crippen molar-refractivity contribution < 1.29 is 22.7 Å². The number of benzene rings is 2. The van der Waals surface area contributed by atoms with E-state index in [0.29, 0.717) is 83.2 Å². The van der Waals surface area contributed by atoms with Crippen LogP contribution in [0.15, 0.2) is 58.7 Å². The Labute approximate surface area is 262 Å². The van der Waals surface area contributed by atoms with Crippen molar-refractivity contribution in [2.24, 2.45) is 5.92 Å². The second-order valence-electron chi connectivity index (χ2n) is 10.9. The number of nitrogens with one attached hydrogen (secondary N) is 1. The molecule has 232 valence electrons. The predicted molar refractivity (Wildman–Crippen MR) is 167 cm³/mol. The van der Waals surface area contributed by atoms with Gasteiger partial charge in [0.2, 0.25) is 0 Å². The summed E-state index contributed by atoms with van der Waals surface area (Å²) in [6.45, 7) is 8.56. The highest BCUT2D eigenvalue weighted by molar-refractivity contribution is 7.13. The number of hydrogen-bond donors (Lipinski definition) is 1. The number of rotatable bonds is 8. The highest BCUT2D eigenvalue weighted by Gasteiger charge is 2.31. The number of thiazole rings is 1. The molecular formula is C32H32ClF3N4O3S. The number of pyridine rings is 1. The molecule has 4 aromatic rings. The zero-order valence-electron chi connectivity index (χ0n) is 24.5. The van der Waals surface area contributed by atoms with E-state index in [9.17, 15) is 22.8 Å². The van der Waals surface area contributed by atoms with Crippen LogP contribution in [-0.4, -0.2) is 53.1 Å². The quantitative estimate of drug-likeness (QED) is 0.225. The van der Waals surface area contributed by atoms with Crippen molar-refractivity contribution in [3.8, 4) is 33.3 Å². The van der Waals surface area contributed by atoms with Crippen molar-refractivity contribution in [1.82, 2.24) is 19.8 Å². The van der Waals surface area contributed by atoms with Gasteiger partial charge < -0.3 is 15.0 Å². The molecule has 1 N–H and O–H groups in total. The summed E-state index contributed by atoms with van der Waals surface area (Å²) in [5.41, 5.74) is 1.25. The van der Waals surface area contributed by atoms with Crippen molar-refractivity contribution in [3.63, 3.8) is 0 Å². The van der Waals surface area contributed by atoms with Gasteiger partial charge in [0.1, 0.15) is 10.8 Å². The van der Waals surface area contributed by atoms with Gasteiger partial charge in [-0.15, -0.1) is 11.3 Å². The molecule has 2 aromatic carbocycles. The summed E-state index contributed by atoms with van der Waals surface area (Å²) >= 11 is 7.61. The second kappa shape index (κ2) is 13.1. The number of alkyl halides is 3. The summed E-state index contributed by atoms with van der Waals surface area (Å²) in [7, 11) is 0. The van der Waals surface area contributed by atoms with Gasteiger partial charge in [-0.3, -0.25) is 14.2 Å². The van der Waals surface area contributed by atoms with Gasteiger partial charge >= 0.3 is 6.18 Å². The summed E-state index contributed by atoms with van der Waals surface area (Å²) < 4.78 is 46.8. The Balaban J connectivity index is 1.73. The molecule has 1 fully saturated rings. The van der Waals surface area contributed by atoms with E-state index in [1.54, 1.807) is 34.5 Å². The first-order chi connectivity index (χ1) is 21.0. The van der Waals surface area contributed by atoms with Crippen molar-refractivity contribution in [1.29, 1.82) is 0 Å². The molecule has 0 saturated carbocycles. The van der Waals surface area contributed by atoms with E-state index in [1.165, 1.54) is 28.0 Å². The summed E-state index contributed by atoms with van der Waals surface area (Å²) in [4.78, 5) is 35.0. The second-order valence-corrected chi connectivity index (χ2v) is 12.2. The minimum Gasteiger partial charge on any atom is -0.492 e. The molecular weight excluding hydrogens is 613 g/mol. The number of hydrogen-bond acceptors (Lipinski definition) is 6. The van der Waals surface area contributed by atoms with Crippen molar-refractivity contribution in [2.75, 3.05) is 32.8 Å². The lowest BCUT2D eigenvalue weighted by Crippen LogP contribution is -2.47. The number of piperazine rings is 1. The standard InChI is InChI=1S/C32H32ClF3N4O3S/c1-4-43-28-10-9-22(33)16-27(28)40-26(15-19(2)3)23(30(41)39-13-11-37-12-14-39)17-24(31(40)42)29-38-25(18-44-29)20-5-7-21(8-6-20)32(34,35)36/h5-10,16-19,37H,4,11-15H2,1-3H3. The van der Waals surface area contributed by atoms with Gasteiger partial charge in [0.25, 0.3) is 11.5 Å². The molecule has 1 aliphatic rings. The topological polar surface area (TPSA) is 76.5 Å². The molecule has 0 atom stereocenters. The fourth-order valence-electron chi connectivity index (χ4n) is 5.18. The monoisotopic (exact) mass is 644 g/mol. The lowest BCUT2D eigenvalue weighted by Gasteiger charge is -2.29. The molecule has 2 aromatic heterocycles. The van der Waals surface area contributed by atoms with Crippen LogP contribution in [0.3, 0.4) is 0 Å². The maximum absolute atomic E-state index is 14.5. The van der Waals surface area contributed by atoms with Crippen LogP contribution in [0.2, 0.25) is 5.02 Å². The molecule has 1 aliphatic heterocycles. The Morgan fingerprint density at radius 1 is 1.11 bits per heavy atom. The number of nitrogens with zero attached hydrogens (tertiary/aromatic N) is 3. The van der Waals surface area contributed by atoms with E-state index < -0.39 is 17.3 Å². The Morgan fingerprint density at radius 2 is 1.82 bits per heavy atom. The molecule has 1 amide bonds. The number of carbonyl (C=O) groups excluding carboxylic acids is 1. The van der Waals surface area contributed by atoms with Gasteiger partial charge in [0, 0.05) is 47.8 Å². The van der Waals surface area contributed by atoms with Crippen LogP contribution in [-0.2, 0) is 12.6 Å². The molecule has 0 spiro atoms. The number of ether oxygens (including phenoxy) is 1. The largest absolute Gasteiger partial charge is 0.492 e. The number of amides is 1. The Kier molecular flexibility index (Phi) is 9.48. The molecule has 0 radical (unpaired) electrons. The maximum atomic E-state index is 14.5. The molecule has 5 rings (SSSR count). The number of aromatic nitrogens is 2. The summed E-state index contributed by atoms with van der Waals surface area (Å²) in [5.74, 6) is 0.338. The molecule has 44 heavy (non-hydrogen) atoms. The Bertz CT molecular complexity index is 1710. The van der Waals surface area contributed by atoms with Gasteiger partial charge in [0.15, 0.2) is 0 Å². The van der Waals surface area contributed by atoms with Gasteiger partial charge in [-0.2, -0.15) is 13.2 Å². The fraction of sp³-hybridized carbons (Fsp3) is 0.344. The third-order valence-corrected chi connectivity index (χ3v) is 8.35. The van der Waals surface area contributed by atoms with Crippen LogP contribution in [0.1, 0.15) is 42.4 Å². The van der Waals surface area contributed by atoms with Gasteiger partial charge in [0.05, 0.1) is 34.7 Å². The third kappa shape index (κ3) is 6.69. The Hall–Kier alpha value is -3.67. The van der Waals surface area contributed by atoms with Crippen LogP contribution >= 0.6 is 22.9 Å². The average Bonchev–Trinajstić information content (AvgIpc) is 3.48. The van der Waals surface area contributed by atoms with Crippen LogP contribution in [0.25, 0.3) is 27.5 Å². The highest BCUT2D eigenvalue weighted by atomic mass is 35.5. The van der Waals surface area contributed by atoms with E-state index in [0.717, 1.165) is 12.1 Å². The van der Waals surface area contributed by atoms with E-state index in [1.807, 2.05) is 20.8 Å². The zero-order chi connectivity index (χ0) is 31.6. The van der Waals surface area contributed by atoms with Gasteiger partial charge in [-0.05, 0) is 55.7 Å². The summed E-state index contributed by atoms with van der Waals surface area (Å²) in [6.07, 6.45) is -4.03. The molecule has 0 bridgehead atoms. The average molecular weight is 645 g/mol. The minimum absolute atomic E-state index is 0.0990. The first-order valence-corrected chi connectivity index (χ1v) is 15.6. The van der Waals surface area contributed by atoms with Crippen LogP contribution in [0.4, 0.5) is 13.2 Å². The SMILES string of the molecule is CCOc1ccc(Cl)cc1-n1c(CC(C)C)c(C(=O)N2CCNCC2)cc(-c2nc(-c3ccc(C(F)(F)F)cc3)cs2)c1=O. The lowest BCUT2D eigenvalue weighted by atomic mass is 9.99. The van der Waals surface area contributed by atoms with Crippen LogP contribution in [0, 0.1) is 5.92 Å². The predicted octanol–water partition coefficient (Wildman–Crippen LogP) is 6.94. The zero-order valence-corrected chi connectivity index (χ0v) is 26.1. The van der Waals surface area contributed by atoms with Gasteiger partial charge in [-0.25, -0.2) is 4.98 Å².